The Bertz CT molecular complexity index is 376. The first-order valence-corrected chi connectivity index (χ1v) is 7.00. The summed E-state index contributed by atoms with van der Waals surface area (Å²) in [6.07, 6.45) is 6.64. The number of thioether (sulfide) groups is 1. The normalized spacial score (nSPS) is 24.6. The highest BCUT2D eigenvalue weighted by molar-refractivity contribution is 8.00. The van der Waals surface area contributed by atoms with Gasteiger partial charge in [-0.15, -0.1) is 11.8 Å². The van der Waals surface area contributed by atoms with Gasteiger partial charge in [0.2, 0.25) is 5.91 Å². The Morgan fingerprint density at radius 1 is 1.39 bits per heavy atom. The number of allylic oxidation sites excluding steroid dienone is 3. The quantitative estimate of drug-likeness (QED) is 0.627. The SMILES string of the molecule is CC=CC=CC(=O)N1C(C(=O)O)CSC1C(C)C. The van der Waals surface area contributed by atoms with E-state index in [1.165, 1.54) is 22.7 Å². The maximum atomic E-state index is 12.1. The van der Waals surface area contributed by atoms with Crippen LogP contribution >= 0.6 is 11.8 Å². The number of carboxylic acids is 1. The van der Waals surface area contributed by atoms with Crippen molar-refractivity contribution in [2.24, 2.45) is 5.92 Å². The summed E-state index contributed by atoms with van der Waals surface area (Å²) >= 11 is 1.53. The van der Waals surface area contributed by atoms with Crippen LogP contribution < -0.4 is 0 Å². The minimum atomic E-state index is -0.932. The van der Waals surface area contributed by atoms with E-state index in [2.05, 4.69) is 0 Å². The summed E-state index contributed by atoms with van der Waals surface area (Å²) in [5, 5.41) is 9.10. The summed E-state index contributed by atoms with van der Waals surface area (Å²) in [5.74, 6) is -0.470. The highest BCUT2D eigenvalue weighted by Gasteiger charge is 2.41. The van der Waals surface area contributed by atoms with Crippen molar-refractivity contribution in [1.29, 1.82) is 0 Å². The molecule has 5 heteroatoms. The number of carbonyl (C=O) groups excluding carboxylic acids is 1. The van der Waals surface area contributed by atoms with Crippen LogP contribution in [0.25, 0.3) is 0 Å². The molecule has 0 saturated carbocycles. The fourth-order valence-electron chi connectivity index (χ4n) is 1.85. The first kappa shape index (κ1) is 14.8. The standard InChI is InChI=1S/C13H19NO3S/c1-4-5-6-7-11(15)14-10(13(16)17)8-18-12(14)9(2)3/h4-7,9-10,12H,8H2,1-3H3,(H,16,17). The van der Waals surface area contributed by atoms with Crippen molar-refractivity contribution in [1.82, 2.24) is 4.90 Å². The molecule has 2 atom stereocenters. The molecule has 0 aromatic rings. The summed E-state index contributed by atoms with van der Waals surface area (Å²) in [4.78, 5) is 24.7. The van der Waals surface area contributed by atoms with Crippen LogP contribution in [0, 0.1) is 5.92 Å². The largest absolute Gasteiger partial charge is 0.480 e. The third-order valence-corrected chi connectivity index (χ3v) is 4.31. The molecular formula is C13H19NO3S. The third-order valence-electron chi connectivity index (χ3n) is 2.69. The number of carbonyl (C=O) groups is 2. The van der Waals surface area contributed by atoms with E-state index in [1.54, 1.807) is 12.2 Å². The van der Waals surface area contributed by atoms with E-state index < -0.39 is 12.0 Å². The lowest BCUT2D eigenvalue weighted by atomic mass is 10.1. The van der Waals surface area contributed by atoms with E-state index in [4.69, 9.17) is 5.11 Å². The van der Waals surface area contributed by atoms with Crippen molar-refractivity contribution in [3.63, 3.8) is 0 Å². The molecule has 0 aromatic carbocycles. The van der Waals surface area contributed by atoms with Gasteiger partial charge in [0, 0.05) is 11.8 Å². The summed E-state index contributed by atoms with van der Waals surface area (Å²) < 4.78 is 0. The number of hydrogen-bond donors (Lipinski definition) is 1. The van der Waals surface area contributed by atoms with Crippen LogP contribution in [0.15, 0.2) is 24.3 Å². The number of amides is 1. The molecule has 18 heavy (non-hydrogen) atoms. The van der Waals surface area contributed by atoms with Gasteiger partial charge in [-0.25, -0.2) is 4.79 Å². The molecule has 1 aliphatic rings. The molecule has 0 aromatic heterocycles. The minimum absolute atomic E-state index is 0.0612. The monoisotopic (exact) mass is 269 g/mol. The summed E-state index contributed by atoms with van der Waals surface area (Å²) in [7, 11) is 0. The Morgan fingerprint density at radius 3 is 2.56 bits per heavy atom. The van der Waals surface area contributed by atoms with Gasteiger partial charge in [-0.2, -0.15) is 0 Å². The molecule has 1 heterocycles. The van der Waals surface area contributed by atoms with Crippen molar-refractivity contribution in [3.05, 3.63) is 24.3 Å². The van der Waals surface area contributed by atoms with Crippen molar-refractivity contribution < 1.29 is 14.7 Å². The van der Waals surface area contributed by atoms with Crippen LogP contribution in [-0.4, -0.2) is 39.1 Å². The van der Waals surface area contributed by atoms with Crippen LogP contribution in [0.3, 0.4) is 0 Å². The van der Waals surface area contributed by atoms with Crippen molar-refractivity contribution in [3.8, 4) is 0 Å². The van der Waals surface area contributed by atoms with Gasteiger partial charge in [-0.3, -0.25) is 4.79 Å². The first-order chi connectivity index (χ1) is 8.49. The second-order valence-corrected chi connectivity index (χ2v) is 5.60. The number of aliphatic carboxylic acids is 1. The zero-order chi connectivity index (χ0) is 13.7. The Balaban J connectivity index is 2.89. The van der Waals surface area contributed by atoms with E-state index in [0.29, 0.717) is 5.75 Å². The Kier molecular flexibility index (Phi) is 5.47. The van der Waals surface area contributed by atoms with Crippen molar-refractivity contribution >= 4 is 23.6 Å². The van der Waals surface area contributed by atoms with Crippen molar-refractivity contribution in [2.75, 3.05) is 5.75 Å². The number of rotatable bonds is 4. The summed E-state index contributed by atoms with van der Waals surface area (Å²) in [6.45, 7) is 5.85. The molecule has 1 aliphatic heterocycles. The second-order valence-electron chi connectivity index (χ2n) is 4.45. The third kappa shape index (κ3) is 3.38. The summed E-state index contributed by atoms with van der Waals surface area (Å²) in [5.41, 5.74) is 0. The maximum Gasteiger partial charge on any atom is 0.327 e. The Hall–Kier alpha value is -1.23. The Morgan fingerprint density at radius 2 is 2.06 bits per heavy atom. The van der Waals surface area contributed by atoms with E-state index in [9.17, 15) is 9.59 Å². The fraction of sp³-hybridized carbons (Fsp3) is 0.538. The topological polar surface area (TPSA) is 57.6 Å². The van der Waals surface area contributed by atoms with Gasteiger partial charge in [-0.1, -0.05) is 32.1 Å². The molecule has 1 N–H and O–H groups in total. The van der Waals surface area contributed by atoms with Gasteiger partial charge in [0.25, 0.3) is 0 Å². The lowest BCUT2D eigenvalue weighted by molar-refractivity contribution is -0.147. The van der Waals surface area contributed by atoms with E-state index >= 15 is 0 Å². The number of carboxylic acid groups (broad SMARTS) is 1. The van der Waals surface area contributed by atoms with Gasteiger partial charge in [-0.05, 0) is 12.8 Å². The number of hydrogen-bond acceptors (Lipinski definition) is 3. The van der Waals surface area contributed by atoms with Crippen LogP contribution in [0.4, 0.5) is 0 Å². The predicted octanol–water partition coefficient (Wildman–Crippen LogP) is 2.13. The van der Waals surface area contributed by atoms with Crippen LogP contribution in [0.5, 0.6) is 0 Å². The highest BCUT2D eigenvalue weighted by atomic mass is 32.2. The van der Waals surface area contributed by atoms with Gasteiger partial charge < -0.3 is 10.0 Å². The van der Waals surface area contributed by atoms with Crippen LogP contribution in [0.2, 0.25) is 0 Å². The molecule has 2 unspecified atom stereocenters. The molecule has 4 nitrogen and oxygen atoms in total. The van der Waals surface area contributed by atoms with E-state index in [1.807, 2.05) is 26.8 Å². The van der Waals surface area contributed by atoms with E-state index in [-0.39, 0.29) is 17.2 Å². The number of nitrogens with zero attached hydrogens (tertiary/aromatic N) is 1. The zero-order valence-corrected chi connectivity index (χ0v) is 11.7. The molecule has 1 saturated heterocycles. The molecule has 1 fully saturated rings. The van der Waals surface area contributed by atoms with E-state index in [0.717, 1.165) is 0 Å². The molecule has 100 valence electrons. The van der Waals surface area contributed by atoms with Crippen molar-refractivity contribution in [2.45, 2.75) is 32.2 Å². The Labute approximate surface area is 112 Å². The first-order valence-electron chi connectivity index (χ1n) is 5.95. The highest BCUT2D eigenvalue weighted by Crippen LogP contribution is 2.34. The average molecular weight is 269 g/mol. The average Bonchev–Trinajstić information content (AvgIpc) is 2.73. The van der Waals surface area contributed by atoms with Gasteiger partial charge in [0.15, 0.2) is 0 Å². The molecule has 0 radical (unpaired) electrons. The lowest BCUT2D eigenvalue weighted by Gasteiger charge is -2.28. The van der Waals surface area contributed by atoms with Gasteiger partial charge in [0.05, 0.1) is 5.37 Å². The molecule has 0 spiro atoms. The summed E-state index contributed by atoms with van der Waals surface area (Å²) in [6, 6.07) is -0.717. The fourth-order valence-corrected chi connectivity index (χ4v) is 3.32. The molecule has 1 rings (SSSR count). The minimum Gasteiger partial charge on any atom is -0.480 e. The smallest absolute Gasteiger partial charge is 0.327 e. The zero-order valence-electron chi connectivity index (χ0n) is 10.9. The van der Waals surface area contributed by atoms with Gasteiger partial charge in [0.1, 0.15) is 6.04 Å². The predicted molar refractivity (Wildman–Crippen MR) is 73.3 cm³/mol. The lowest BCUT2D eigenvalue weighted by Crippen LogP contribution is -2.46. The van der Waals surface area contributed by atoms with Gasteiger partial charge >= 0.3 is 5.97 Å². The maximum absolute atomic E-state index is 12.1. The second kappa shape index (κ2) is 6.64. The molecule has 0 aliphatic carbocycles. The molecular weight excluding hydrogens is 250 g/mol. The van der Waals surface area contributed by atoms with Crippen LogP contribution in [-0.2, 0) is 9.59 Å². The molecule has 0 bridgehead atoms. The van der Waals surface area contributed by atoms with Crippen LogP contribution in [0.1, 0.15) is 20.8 Å². The molecule has 1 amide bonds.